The second kappa shape index (κ2) is 9.09. The van der Waals surface area contributed by atoms with Crippen molar-refractivity contribution in [3.63, 3.8) is 0 Å². The first-order valence-electron chi connectivity index (χ1n) is 9.39. The van der Waals surface area contributed by atoms with Gasteiger partial charge in [0.2, 0.25) is 5.91 Å². The first kappa shape index (κ1) is 19.5. The summed E-state index contributed by atoms with van der Waals surface area (Å²) < 4.78 is 5.91. The van der Waals surface area contributed by atoms with Crippen LogP contribution < -0.4 is 15.0 Å². The second-order valence-electron chi connectivity index (χ2n) is 6.90. The molecule has 1 N–H and O–H groups in total. The van der Waals surface area contributed by atoms with E-state index in [9.17, 15) is 4.79 Å². The molecule has 0 atom stereocenters. The molecule has 0 radical (unpaired) electrons. The Morgan fingerprint density at radius 2 is 1.68 bits per heavy atom. The van der Waals surface area contributed by atoms with Gasteiger partial charge < -0.3 is 15.0 Å². The molecule has 0 saturated carbocycles. The van der Waals surface area contributed by atoms with E-state index < -0.39 is 0 Å². The number of nitrogens with one attached hydrogen (secondary N) is 1. The first-order chi connectivity index (χ1) is 13.5. The maximum Gasteiger partial charge on any atom is 0.227 e. The summed E-state index contributed by atoms with van der Waals surface area (Å²) in [6.45, 7) is 2.32. The number of carbonyl (C=O) groups excluding carboxylic acids is 1. The molecule has 0 aliphatic rings. The number of amides is 1. The predicted molar refractivity (Wildman–Crippen MR) is 116 cm³/mol. The average molecular weight is 374 g/mol. The van der Waals surface area contributed by atoms with Crippen LogP contribution in [0.3, 0.4) is 0 Å². The number of anilines is 2. The molecule has 3 aromatic carbocycles. The lowest BCUT2D eigenvalue weighted by molar-refractivity contribution is -0.116. The molecule has 0 aliphatic heterocycles. The van der Waals surface area contributed by atoms with Gasteiger partial charge in [0.25, 0.3) is 0 Å². The number of hydrogen-bond acceptors (Lipinski definition) is 3. The maximum absolute atomic E-state index is 12.3. The van der Waals surface area contributed by atoms with E-state index in [-0.39, 0.29) is 12.3 Å². The third-order valence-electron chi connectivity index (χ3n) is 4.56. The van der Waals surface area contributed by atoms with Crippen LogP contribution in [0.15, 0.2) is 72.8 Å². The van der Waals surface area contributed by atoms with Crippen LogP contribution in [-0.2, 0) is 4.79 Å². The van der Waals surface area contributed by atoms with Crippen molar-refractivity contribution in [3.05, 3.63) is 78.4 Å². The van der Waals surface area contributed by atoms with Gasteiger partial charge in [0.05, 0.1) is 13.0 Å². The van der Waals surface area contributed by atoms with Crippen LogP contribution in [0.5, 0.6) is 5.75 Å². The second-order valence-corrected chi connectivity index (χ2v) is 6.90. The van der Waals surface area contributed by atoms with Gasteiger partial charge in [-0.2, -0.15) is 0 Å². The summed E-state index contributed by atoms with van der Waals surface area (Å²) in [7, 11) is 4.00. The summed E-state index contributed by atoms with van der Waals surface area (Å²) in [4.78, 5) is 14.4. The fourth-order valence-electron chi connectivity index (χ4n) is 2.98. The van der Waals surface area contributed by atoms with Gasteiger partial charge in [0.15, 0.2) is 0 Å². The Morgan fingerprint density at radius 3 is 2.39 bits per heavy atom. The summed E-state index contributed by atoms with van der Waals surface area (Å²) in [5.74, 6) is 0.728. The minimum Gasteiger partial charge on any atom is -0.492 e. The highest BCUT2D eigenvalue weighted by Crippen LogP contribution is 2.29. The third-order valence-corrected chi connectivity index (χ3v) is 4.56. The fourth-order valence-corrected chi connectivity index (χ4v) is 2.98. The lowest BCUT2D eigenvalue weighted by Gasteiger charge is -2.16. The molecule has 4 nitrogen and oxygen atoms in total. The Hall–Kier alpha value is -3.27. The van der Waals surface area contributed by atoms with Gasteiger partial charge in [-0.3, -0.25) is 4.79 Å². The van der Waals surface area contributed by atoms with Gasteiger partial charge in [0, 0.05) is 31.0 Å². The van der Waals surface area contributed by atoms with Crippen molar-refractivity contribution < 1.29 is 9.53 Å². The summed E-state index contributed by atoms with van der Waals surface area (Å²) in [6, 6.07) is 24.0. The molecule has 0 fully saturated rings. The van der Waals surface area contributed by atoms with E-state index >= 15 is 0 Å². The van der Waals surface area contributed by atoms with Crippen molar-refractivity contribution in [2.24, 2.45) is 0 Å². The molecule has 1 amide bonds. The van der Waals surface area contributed by atoms with Gasteiger partial charge in [-0.15, -0.1) is 0 Å². The van der Waals surface area contributed by atoms with Crippen LogP contribution in [0.1, 0.15) is 12.0 Å². The fraction of sp³-hybridized carbons (Fsp3) is 0.208. The van der Waals surface area contributed by atoms with Crippen molar-refractivity contribution in [2.75, 3.05) is 30.9 Å². The summed E-state index contributed by atoms with van der Waals surface area (Å²) in [5, 5.41) is 2.97. The molecule has 0 spiro atoms. The maximum atomic E-state index is 12.3. The summed E-state index contributed by atoms with van der Waals surface area (Å²) in [6.07, 6.45) is 0.290. The van der Waals surface area contributed by atoms with Crippen molar-refractivity contribution in [1.82, 2.24) is 0 Å². The third kappa shape index (κ3) is 4.92. The molecule has 28 heavy (non-hydrogen) atoms. The topological polar surface area (TPSA) is 41.6 Å². The van der Waals surface area contributed by atoms with Crippen molar-refractivity contribution in [1.29, 1.82) is 0 Å². The number of carbonyl (C=O) groups is 1. The largest absolute Gasteiger partial charge is 0.492 e. The number of nitrogens with zero attached hydrogens (tertiary/aromatic N) is 1. The van der Waals surface area contributed by atoms with Gasteiger partial charge in [-0.1, -0.05) is 48.5 Å². The monoisotopic (exact) mass is 374 g/mol. The van der Waals surface area contributed by atoms with Gasteiger partial charge >= 0.3 is 0 Å². The number of rotatable bonds is 7. The minimum absolute atomic E-state index is 0.0575. The van der Waals surface area contributed by atoms with Crippen molar-refractivity contribution in [3.8, 4) is 16.9 Å². The number of aryl methyl sites for hydroxylation is 1. The zero-order chi connectivity index (χ0) is 19.9. The van der Waals surface area contributed by atoms with E-state index in [0.29, 0.717) is 6.61 Å². The van der Waals surface area contributed by atoms with Gasteiger partial charge in [0.1, 0.15) is 5.75 Å². The number of hydrogen-bond donors (Lipinski definition) is 1. The van der Waals surface area contributed by atoms with Crippen LogP contribution >= 0.6 is 0 Å². The molecular formula is C24H26N2O2. The zero-order valence-corrected chi connectivity index (χ0v) is 16.6. The molecule has 0 saturated heterocycles. The van der Waals surface area contributed by atoms with Crippen LogP contribution in [-0.4, -0.2) is 26.6 Å². The Bertz CT molecular complexity index is 936. The summed E-state index contributed by atoms with van der Waals surface area (Å²) >= 11 is 0. The van der Waals surface area contributed by atoms with Crippen LogP contribution in [0.2, 0.25) is 0 Å². The predicted octanol–water partition coefficient (Wildman–Crippen LogP) is 5.14. The Kier molecular flexibility index (Phi) is 6.33. The molecule has 144 valence electrons. The van der Waals surface area contributed by atoms with Gasteiger partial charge in [-0.25, -0.2) is 0 Å². The molecule has 0 aromatic heterocycles. The van der Waals surface area contributed by atoms with E-state index in [2.05, 4.69) is 23.5 Å². The van der Waals surface area contributed by atoms with E-state index in [0.717, 1.165) is 33.8 Å². The van der Waals surface area contributed by atoms with Crippen LogP contribution in [0, 0.1) is 6.92 Å². The zero-order valence-electron chi connectivity index (χ0n) is 16.6. The minimum atomic E-state index is -0.0575. The number of benzene rings is 3. The molecule has 3 rings (SSSR count). The highest BCUT2D eigenvalue weighted by atomic mass is 16.5. The van der Waals surface area contributed by atoms with Crippen LogP contribution in [0.4, 0.5) is 11.4 Å². The smallest absolute Gasteiger partial charge is 0.227 e. The van der Waals surface area contributed by atoms with E-state index in [1.54, 1.807) is 0 Å². The van der Waals surface area contributed by atoms with E-state index in [4.69, 9.17) is 4.74 Å². The van der Waals surface area contributed by atoms with Crippen molar-refractivity contribution >= 4 is 17.3 Å². The molecule has 0 bridgehead atoms. The number of ether oxygens (including phenoxy) is 1. The molecule has 0 heterocycles. The highest BCUT2D eigenvalue weighted by molar-refractivity contribution is 5.91. The van der Waals surface area contributed by atoms with E-state index in [1.165, 1.54) is 0 Å². The quantitative estimate of drug-likeness (QED) is 0.623. The molecule has 3 aromatic rings. The summed E-state index contributed by atoms with van der Waals surface area (Å²) in [5.41, 5.74) is 5.10. The Morgan fingerprint density at radius 1 is 0.964 bits per heavy atom. The Labute approximate surface area is 166 Å². The lowest BCUT2D eigenvalue weighted by atomic mass is 10.1. The van der Waals surface area contributed by atoms with Crippen LogP contribution in [0.25, 0.3) is 11.1 Å². The molecule has 0 aliphatic carbocycles. The highest BCUT2D eigenvalue weighted by Gasteiger charge is 2.09. The SMILES string of the molecule is Cc1cc(N(C)C)ccc1NC(=O)CCOc1ccccc1-c1ccccc1. The van der Waals surface area contributed by atoms with Gasteiger partial charge in [-0.05, 0) is 42.3 Å². The van der Waals surface area contributed by atoms with E-state index in [1.807, 2.05) is 80.5 Å². The molecule has 4 heteroatoms. The Balaban J connectivity index is 1.58. The normalized spacial score (nSPS) is 10.4. The van der Waals surface area contributed by atoms with Crippen molar-refractivity contribution in [2.45, 2.75) is 13.3 Å². The lowest BCUT2D eigenvalue weighted by Crippen LogP contribution is -2.16. The molecule has 0 unspecified atom stereocenters. The molecular weight excluding hydrogens is 348 g/mol. The average Bonchev–Trinajstić information content (AvgIpc) is 2.70. The standard InChI is InChI=1S/C24H26N2O2/c1-18-17-20(26(2)3)13-14-22(18)25-24(27)15-16-28-23-12-8-7-11-21(23)19-9-5-4-6-10-19/h4-14,17H,15-16H2,1-3H3,(H,25,27). The number of para-hydroxylation sites is 1. The first-order valence-corrected chi connectivity index (χ1v) is 9.39.